The van der Waals surface area contributed by atoms with Gasteiger partial charge in [0.1, 0.15) is 23.8 Å². The molecule has 4 rings (SSSR count). The fourth-order valence-electron chi connectivity index (χ4n) is 3.28. The zero-order chi connectivity index (χ0) is 19.3. The van der Waals surface area contributed by atoms with Crippen molar-refractivity contribution in [2.75, 3.05) is 36.4 Å². The Morgan fingerprint density at radius 3 is 2.46 bits per heavy atom. The van der Waals surface area contributed by atoms with Crippen molar-refractivity contribution in [3.05, 3.63) is 72.2 Å². The molecule has 0 unspecified atom stereocenters. The lowest BCUT2D eigenvalue weighted by atomic mass is 10.1. The fraction of sp³-hybridized carbons (Fsp3) is 0.238. The summed E-state index contributed by atoms with van der Waals surface area (Å²) in [7, 11) is 0. The first-order chi connectivity index (χ1) is 13.7. The maximum absolute atomic E-state index is 12.8. The Hall–Kier alpha value is -3.48. The van der Waals surface area contributed by atoms with Gasteiger partial charge in [-0.15, -0.1) is 0 Å². The van der Waals surface area contributed by atoms with Crippen molar-refractivity contribution in [1.29, 1.82) is 0 Å². The minimum atomic E-state index is 0.0953. The summed E-state index contributed by atoms with van der Waals surface area (Å²) >= 11 is 0. The van der Waals surface area contributed by atoms with Gasteiger partial charge in [-0.1, -0.05) is 24.3 Å². The first-order valence-electron chi connectivity index (χ1n) is 9.31. The molecule has 1 amide bonds. The number of carbonyl (C=O) groups excluding carboxylic acids is 1. The van der Waals surface area contributed by atoms with Crippen LogP contribution in [-0.2, 0) is 0 Å². The van der Waals surface area contributed by atoms with E-state index in [1.165, 1.54) is 0 Å². The van der Waals surface area contributed by atoms with Gasteiger partial charge in [-0.3, -0.25) is 4.79 Å². The van der Waals surface area contributed by atoms with Gasteiger partial charge in [-0.25, -0.2) is 15.0 Å². The molecular weight excluding hydrogens is 352 g/mol. The lowest BCUT2D eigenvalue weighted by Crippen LogP contribution is -2.49. The number of rotatable bonds is 4. The SMILES string of the molecule is Cc1ccccc1C(=O)N1CCN(c2cc(Nc3ccccn3)ncn2)CC1. The zero-order valence-electron chi connectivity index (χ0n) is 15.7. The van der Waals surface area contributed by atoms with Crippen molar-refractivity contribution >= 4 is 23.4 Å². The summed E-state index contributed by atoms with van der Waals surface area (Å²) in [6.45, 7) is 4.77. The standard InChI is InChI=1S/C21H22N6O/c1-16-6-2-3-7-17(16)21(28)27-12-10-26(11-13-27)20-14-19(23-15-24-20)25-18-8-4-5-9-22-18/h2-9,14-15H,10-13H2,1H3,(H,22,23,24,25). The molecule has 1 aliphatic heterocycles. The molecule has 7 heteroatoms. The smallest absolute Gasteiger partial charge is 0.254 e. The average Bonchev–Trinajstić information content (AvgIpc) is 2.75. The van der Waals surface area contributed by atoms with Crippen molar-refractivity contribution in [3.8, 4) is 0 Å². The van der Waals surface area contributed by atoms with E-state index in [-0.39, 0.29) is 5.91 Å². The molecule has 0 radical (unpaired) electrons. The van der Waals surface area contributed by atoms with Crippen molar-refractivity contribution < 1.29 is 4.79 Å². The lowest BCUT2D eigenvalue weighted by molar-refractivity contribution is 0.0746. The molecular formula is C21H22N6O. The van der Waals surface area contributed by atoms with Crippen molar-refractivity contribution in [1.82, 2.24) is 19.9 Å². The minimum absolute atomic E-state index is 0.0953. The minimum Gasteiger partial charge on any atom is -0.353 e. The molecule has 1 N–H and O–H groups in total. The summed E-state index contributed by atoms with van der Waals surface area (Å²) in [5.74, 6) is 2.37. The highest BCUT2D eigenvalue weighted by atomic mass is 16.2. The molecule has 3 aromatic rings. The highest BCUT2D eigenvalue weighted by Crippen LogP contribution is 2.19. The predicted molar refractivity (Wildman–Crippen MR) is 109 cm³/mol. The van der Waals surface area contributed by atoms with Gasteiger partial charge in [0.05, 0.1) is 0 Å². The van der Waals surface area contributed by atoms with Crippen molar-refractivity contribution in [2.24, 2.45) is 0 Å². The second-order valence-corrected chi connectivity index (χ2v) is 6.70. The summed E-state index contributed by atoms with van der Waals surface area (Å²) in [4.78, 5) is 29.8. The van der Waals surface area contributed by atoms with E-state index in [0.29, 0.717) is 18.9 Å². The highest BCUT2D eigenvalue weighted by Gasteiger charge is 2.23. The van der Waals surface area contributed by atoms with Crippen LogP contribution in [0.1, 0.15) is 15.9 Å². The Morgan fingerprint density at radius 2 is 1.71 bits per heavy atom. The van der Waals surface area contributed by atoms with Crippen LogP contribution in [0.2, 0.25) is 0 Å². The van der Waals surface area contributed by atoms with Gasteiger partial charge in [0.15, 0.2) is 0 Å². The molecule has 0 bridgehead atoms. The molecule has 0 aliphatic carbocycles. The first-order valence-corrected chi connectivity index (χ1v) is 9.31. The van der Waals surface area contributed by atoms with E-state index in [1.807, 2.05) is 60.4 Å². The lowest BCUT2D eigenvalue weighted by Gasteiger charge is -2.35. The Bertz CT molecular complexity index is 954. The molecule has 3 heterocycles. The number of benzene rings is 1. The Balaban J connectivity index is 1.41. The monoisotopic (exact) mass is 374 g/mol. The third-order valence-corrected chi connectivity index (χ3v) is 4.84. The number of anilines is 3. The Kier molecular flexibility index (Phi) is 5.14. The van der Waals surface area contributed by atoms with Gasteiger partial charge in [-0.05, 0) is 30.7 Å². The average molecular weight is 374 g/mol. The molecule has 1 aliphatic rings. The number of aromatic nitrogens is 3. The number of nitrogens with zero attached hydrogens (tertiary/aromatic N) is 5. The van der Waals surface area contributed by atoms with Crippen LogP contribution in [0.15, 0.2) is 61.1 Å². The molecule has 2 aromatic heterocycles. The van der Waals surface area contributed by atoms with E-state index < -0.39 is 0 Å². The van der Waals surface area contributed by atoms with E-state index in [4.69, 9.17) is 0 Å². The van der Waals surface area contributed by atoms with Crippen LogP contribution in [0, 0.1) is 6.92 Å². The van der Waals surface area contributed by atoms with Crippen LogP contribution < -0.4 is 10.2 Å². The first kappa shape index (κ1) is 17.9. The third kappa shape index (κ3) is 3.93. The zero-order valence-corrected chi connectivity index (χ0v) is 15.7. The number of amides is 1. The van der Waals surface area contributed by atoms with Crippen LogP contribution in [0.5, 0.6) is 0 Å². The molecule has 1 aromatic carbocycles. The van der Waals surface area contributed by atoms with Gasteiger partial charge in [0.25, 0.3) is 5.91 Å². The van der Waals surface area contributed by atoms with Crippen LogP contribution in [0.4, 0.5) is 17.5 Å². The number of hydrogen-bond acceptors (Lipinski definition) is 6. The van der Waals surface area contributed by atoms with Gasteiger partial charge in [0.2, 0.25) is 0 Å². The molecule has 7 nitrogen and oxygen atoms in total. The summed E-state index contributed by atoms with van der Waals surface area (Å²) in [6.07, 6.45) is 3.28. The summed E-state index contributed by atoms with van der Waals surface area (Å²) in [5, 5.41) is 3.18. The maximum Gasteiger partial charge on any atom is 0.254 e. The van der Waals surface area contributed by atoms with Crippen molar-refractivity contribution in [2.45, 2.75) is 6.92 Å². The van der Waals surface area contributed by atoms with E-state index in [2.05, 4.69) is 25.2 Å². The van der Waals surface area contributed by atoms with E-state index >= 15 is 0 Å². The van der Waals surface area contributed by atoms with Crippen LogP contribution in [-0.4, -0.2) is 51.9 Å². The highest BCUT2D eigenvalue weighted by molar-refractivity contribution is 5.95. The number of nitrogens with one attached hydrogen (secondary N) is 1. The molecule has 28 heavy (non-hydrogen) atoms. The van der Waals surface area contributed by atoms with Gasteiger partial charge in [0, 0.05) is 44.0 Å². The molecule has 1 saturated heterocycles. The number of carbonyl (C=O) groups is 1. The van der Waals surface area contributed by atoms with Gasteiger partial charge < -0.3 is 15.1 Å². The summed E-state index contributed by atoms with van der Waals surface area (Å²) < 4.78 is 0. The number of piperazine rings is 1. The van der Waals surface area contributed by atoms with Crippen LogP contribution in [0.3, 0.4) is 0 Å². The molecule has 0 spiro atoms. The second-order valence-electron chi connectivity index (χ2n) is 6.70. The molecule has 0 atom stereocenters. The Labute approximate surface area is 164 Å². The summed E-state index contributed by atoms with van der Waals surface area (Å²) in [5.41, 5.74) is 1.79. The molecule has 0 saturated carbocycles. The van der Waals surface area contributed by atoms with Crippen LogP contribution in [0.25, 0.3) is 0 Å². The normalized spacial score (nSPS) is 14.0. The second kappa shape index (κ2) is 8.04. The largest absolute Gasteiger partial charge is 0.353 e. The number of hydrogen-bond donors (Lipinski definition) is 1. The van der Waals surface area contributed by atoms with Crippen LogP contribution >= 0.6 is 0 Å². The number of pyridine rings is 1. The molecule has 142 valence electrons. The molecule has 1 fully saturated rings. The third-order valence-electron chi connectivity index (χ3n) is 4.84. The maximum atomic E-state index is 12.8. The van der Waals surface area contributed by atoms with Gasteiger partial charge >= 0.3 is 0 Å². The topological polar surface area (TPSA) is 74.2 Å². The van der Waals surface area contributed by atoms with Gasteiger partial charge in [-0.2, -0.15) is 0 Å². The van der Waals surface area contributed by atoms with E-state index in [0.717, 1.165) is 35.9 Å². The van der Waals surface area contributed by atoms with E-state index in [1.54, 1.807) is 12.5 Å². The fourth-order valence-corrected chi connectivity index (χ4v) is 3.28. The quantitative estimate of drug-likeness (QED) is 0.757. The van der Waals surface area contributed by atoms with E-state index in [9.17, 15) is 4.79 Å². The van der Waals surface area contributed by atoms with Crippen molar-refractivity contribution in [3.63, 3.8) is 0 Å². The predicted octanol–water partition coefficient (Wildman–Crippen LogP) is 2.89. The number of aryl methyl sites for hydroxylation is 1. The Morgan fingerprint density at radius 1 is 0.929 bits per heavy atom. The summed E-state index contributed by atoms with van der Waals surface area (Å²) in [6, 6.07) is 15.3.